The summed E-state index contributed by atoms with van der Waals surface area (Å²) in [5.41, 5.74) is 4.29. The second-order valence-corrected chi connectivity index (χ2v) is 3.44. The van der Waals surface area contributed by atoms with Gasteiger partial charge in [-0.25, -0.2) is 4.79 Å². The van der Waals surface area contributed by atoms with Crippen molar-refractivity contribution >= 4 is 11.8 Å². The van der Waals surface area contributed by atoms with Gasteiger partial charge >= 0.3 is 5.97 Å². The van der Waals surface area contributed by atoms with Gasteiger partial charge in [-0.3, -0.25) is 4.99 Å². The van der Waals surface area contributed by atoms with Crippen molar-refractivity contribution in [3.8, 4) is 0 Å². The molecule has 4 heteroatoms. The lowest BCUT2D eigenvalue weighted by Crippen LogP contribution is -2.35. The minimum Gasteiger partial charge on any atom is -0.479 e. The van der Waals surface area contributed by atoms with Crippen LogP contribution in [0.1, 0.15) is 33.6 Å². The first-order chi connectivity index (χ1) is 6.42. The predicted molar refractivity (Wildman–Crippen MR) is 57.4 cm³/mol. The van der Waals surface area contributed by atoms with Crippen molar-refractivity contribution in [3.05, 3.63) is 12.2 Å². The molecule has 0 aromatic carbocycles. The van der Waals surface area contributed by atoms with Gasteiger partial charge in [0.2, 0.25) is 0 Å². The molecule has 0 saturated heterocycles. The van der Waals surface area contributed by atoms with Crippen molar-refractivity contribution in [1.82, 2.24) is 0 Å². The summed E-state index contributed by atoms with van der Waals surface area (Å²) in [6.07, 6.45) is 4.96. The first-order valence-corrected chi connectivity index (χ1v) is 4.59. The zero-order valence-electron chi connectivity index (χ0n) is 8.95. The van der Waals surface area contributed by atoms with Crippen molar-refractivity contribution < 1.29 is 9.90 Å². The highest BCUT2D eigenvalue weighted by atomic mass is 16.4. The van der Waals surface area contributed by atoms with Gasteiger partial charge < -0.3 is 10.8 Å². The zero-order chi connectivity index (χ0) is 11.2. The molecule has 1 unspecified atom stereocenters. The van der Waals surface area contributed by atoms with Crippen LogP contribution in [0.2, 0.25) is 0 Å². The number of hydrogen-bond acceptors (Lipinski definition) is 2. The van der Waals surface area contributed by atoms with Crippen LogP contribution in [-0.2, 0) is 4.79 Å². The number of carboxylic acid groups (broad SMARTS) is 1. The summed E-state index contributed by atoms with van der Waals surface area (Å²) in [7, 11) is 0. The lowest BCUT2D eigenvalue weighted by Gasteiger charge is -2.19. The number of allylic oxidation sites excluding steroid dienone is 2. The van der Waals surface area contributed by atoms with Crippen LogP contribution >= 0.6 is 0 Å². The molecular weight excluding hydrogens is 180 g/mol. The Hall–Kier alpha value is -1.32. The molecule has 0 amide bonds. The van der Waals surface area contributed by atoms with Crippen molar-refractivity contribution in [2.75, 3.05) is 0 Å². The molecule has 4 nitrogen and oxygen atoms in total. The molecule has 0 aromatic heterocycles. The van der Waals surface area contributed by atoms with Crippen LogP contribution in [0.15, 0.2) is 17.1 Å². The van der Waals surface area contributed by atoms with E-state index in [9.17, 15) is 4.79 Å². The smallest absolute Gasteiger partial charge is 0.331 e. The van der Waals surface area contributed by atoms with Crippen LogP contribution in [0.4, 0.5) is 0 Å². The topological polar surface area (TPSA) is 75.7 Å². The van der Waals surface area contributed by atoms with Crippen LogP contribution in [0.5, 0.6) is 0 Å². The van der Waals surface area contributed by atoms with Crippen molar-refractivity contribution in [2.24, 2.45) is 10.7 Å². The molecule has 0 aliphatic heterocycles. The summed E-state index contributed by atoms with van der Waals surface area (Å²) in [6, 6.07) is 0. The van der Waals surface area contributed by atoms with Gasteiger partial charge in [-0.1, -0.05) is 12.2 Å². The quantitative estimate of drug-likeness (QED) is 0.400. The van der Waals surface area contributed by atoms with Gasteiger partial charge in [0, 0.05) is 0 Å². The van der Waals surface area contributed by atoms with Crippen molar-refractivity contribution in [3.63, 3.8) is 0 Å². The SMILES string of the molecule is C/C=C/CCC(C)(N=C(C)N)C(=O)O. The Morgan fingerprint density at radius 3 is 2.57 bits per heavy atom. The maximum absolute atomic E-state index is 11.0. The molecule has 0 saturated carbocycles. The molecule has 14 heavy (non-hydrogen) atoms. The molecule has 0 rings (SSSR count). The number of carboxylic acids is 1. The third kappa shape index (κ3) is 4.07. The fraction of sp³-hybridized carbons (Fsp3) is 0.600. The number of nitrogens with two attached hydrogens (primary N) is 1. The molecule has 0 bridgehead atoms. The number of amidine groups is 1. The maximum Gasteiger partial charge on any atom is 0.331 e. The Kier molecular flexibility index (Phi) is 4.91. The second-order valence-electron chi connectivity index (χ2n) is 3.44. The predicted octanol–water partition coefficient (Wildman–Crippen LogP) is 1.56. The maximum atomic E-state index is 11.0. The first-order valence-electron chi connectivity index (χ1n) is 4.59. The number of nitrogens with zero attached hydrogens (tertiary/aromatic N) is 1. The highest BCUT2D eigenvalue weighted by Gasteiger charge is 2.31. The highest BCUT2D eigenvalue weighted by molar-refractivity contribution is 5.85. The molecule has 80 valence electrons. The molecule has 0 aliphatic carbocycles. The zero-order valence-corrected chi connectivity index (χ0v) is 8.95. The van der Waals surface area contributed by atoms with E-state index in [1.807, 2.05) is 19.1 Å². The Labute approximate surface area is 84.5 Å². The largest absolute Gasteiger partial charge is 0.479 e. The number of rotatable bonds is 5. The van der Waals surface area contributed by atoms with Gasteiger partial charge in [-0.2, -0.15) is 0 Å². The standard InChI is InChI=1S/C10H18N2O2/c1-4-5-6-7-10(3,9(13)14)12-8(2)11/h4-5H,6-7H2,1-3H3,(H2,11,12)(H,13,14)/b5-4+. The molecule has 0 spiro atoms. The van der Waals surface area contributed by atoms with E-state index < -0.39 is 11.5 Å². The van der Waals surface area contributed by atoms with E-state index in [-0.39, 0.29) is 0 Å². The summed E-state index contributed by atoms with van der Waals surface area (Å²) in [4.78, 5) is 14.9. The van der Waals surface area contributed by atoms with E-state index in [0.717, 1.165) is 0 Å². The van der Waals surface area contributed by atoms with Crippen molar-refractivity contribution in [1.29, 1.82) is 0 Å². The van der Waals surface area contributed by atoms with E-state index in [4.69, 9.17) is 10.8 Å². The lowest BCUT2D eigenvalue weighted by atomic mass is 9.96. The minimum atomic E-state index is -1.10. The van der Waals surface area contributed by atoms with E-state index in [2.05, 4.69) is 4.99 Å². The van der Waals surface area contributed by atoms with Gasteiger partial charge in [0.05, 0.1) is 5.84 Å². The van der Waals surface area contributed by atoms with Crippen LogP contribution < -0.4 is 5.73 Å². The Bertz CT molecular complexity index is 255. The van der Waals surface area contributed by atoms with E-state index in [1.165, 1.54) is 0 Å². The van der Waals surface area contributed by atoms with E-state index >= 15 is 0 Å². The molecule has 0 radical (unpaired) electrons. The summed E-state index contributed by atoms with van der Waals surface area (Å²) < 4.78 is 0. The number of aliphatic imine (C=N–C) groups is 1. The normalized spacial score (nSPS) is 16.9. The monoisotopic (exact) mass is 198 g/mol. The van der Waals surface area contributed by atoms with E-state index in [0.29, 0.717) is 18.7 Å². The molecule has 0 fully saturated rings. The lowest BCUT2D eigenvalue weighted by molar-refractivity contribution is -0.142. The van der Waals surface area contributed by atoms with Gasteiger partial charge in [0.25, 0.3) is 0 Å². The summed E-state index contributed by atoms with van der Waals surface area (Å²) in [5.74, 6) is -0.637. The second kappa shape index (κ2) is 5.42. The Morgan fingerprint density at radius 2 is 2.21 bits per heavy atom. The average Bonchev–Trinajstić information content (AvgIpc) is 2.03. The minimum absolute atomic E-state index is 0.301. The fourth-order valence-corrected chi connectivity index (χ4v) is 1.13. The van der Waals surface area contributed by atoms with Gasteiger partial charge in [-0.15, -0.1) is 0 Å². The molecule has 3 N–H and O–H groups in total. The van der Waals surface area contributed by atoms with E-state index in [1.54, 1.807) is 13.8 Å². The van der Waals surface area contributed by atoms with Crippen molar-refractivity contribution in [2.45, 2.75) is 39.2 Å². The molecule has 0 aromatic rings. The Balaban J connectivity index is 4.56. The van der Waals surface area contributed by atoms with Crippen LogP contribution in [0, 0.1) is 0 Å². The number of aliphatic carboxylic acids is 1. The molecular formula is C10H18N2O2. The molecule has 0 aliphatic rings. The number of hydrogen-bond donors (Lipinski definition) is 2. The van der Waals surface area contributed by atoms with Gasteiger partial charge in [0.1, 0.15) is 0 Å². The van der Waals surface area contributed by atoms with Crippen LogP contribution in [0.25, 0.3) is 0 Å². The summed E-state index contributed by atoms with van der Waals surface area (Å²) in [6.45, 7) is 5.07. The van der Waals surface area contributed by atoms with Crippen LogP contribution in [-0.4, -0.2) is 22.5 Å². The van der Waals surface area contributed by atoms with Gasteiger partial charge in [-0.05, 0) is 33.6 Å². The average molecular weight is 198 g/mol. The highest BCUT2D eigenvalue weighted by Crippen LogP contribution is 2.18. The fourth-order valence-electron chi connectivity index (χ4n) is 1.13. The third-order valence-corrected chi connectivity index (χ3v) is 1.92. The summed E-state index contributed by atoms with van der Waals surface area (Å²) >= 11 is 0. The Morgan fingerprint density at radius 1 is 1.64 bits per heavy atom. The summed E-state index contributed by atoms with van der Waals surface area (Å²) in [5, 5.41) is 8.99. The number of carbonyl (C=O) groups is 1. The van der Waals surface area contributed by atoms with Crippen LogP contribution in [0.3, 0.4) is 0 Å². The van der Waals surface area contributed by atoms with Gasteiger partial charge in [0.15, 0.2) is 5.54 Å². The molecule has 1 atom stereocenters. The third-order valence-electron chi connectivity index (χ3n) is 1.92. The molecule has 0 heterocycles. The first kappa shape index (κ1) is 12.7.